The number of nitrogens with one attached hydrogen (secondary N) is 1. The second-order valence-electron chi connectivity index (χ2n) is 8.70. The van der Waals surface area contributed by atoms with Gasteiger partial charge in [0, 0.05) is 18.7 Å². The van der Waals surface area contributed by atoms with Crippen LogP contribution < -0.4 is 19.1 Å². The van der Waals surface area contributed by atoms with E-state index in [1.807, 2.05) is 12.1 Å². The number of anilines is 1. The number of nitrogens with zero attached hydrogens (tertiary/aromatic N) is 1. The maximum absolute atomic E-state index is 13.7. The molecule has 0 saturated heterocycles. The molecule has 1 N–H and O–H groups in total. The van der Waals surface area contributed by atoms with E-state index in [0.717, 1.165) is 37.3 Å². The van der Waals surface area contributed by atoms with Crippen LogP contribution in [0.3, 0.4) is 0 Å². The normalized spacial score (nSPS) is 15.7. The standard InChI is InChI=1S/C26H30N2O7S/c1-33-22-15-18(11-12-25(30)35-17-24(29)27-20-8-4-5-9-20)16-23(26(22)34-2)36(31,32)28-14-13-19-7-3-6-10-21(19)28/h3,6-7,10-12,15-16,20H,4-5,8-9,13-14,17H2,1-2H3,(H,27,29)/b12-11+. The highest BCUT2D eigenvalue weighted by molar-refractivity contribution is 7.93. The lowest BCUT2D eigenvalue weighted by Crippen LogP contribution is -2.35. The first kappa shape index (κ1) is 25.6. The smallest absolute Gasteiger partial charge is 0.331 e. The number of esters is 1. The second-order valence-corrected chi connectivity index (χ2v) is 10.5. The molecule has 1 fully saturated rings. The molecule has 1 aliphatic heterocycles. The van der Waals surface area contributed by atoms with Gasteiger partial charge in [0.25, 0.3) is 15.9 Å². The molecule has 2 aromatic carbocycles. The summed E-state index contributed by atoms with van der Waals surface area (Å²) in [6, 6.07) is 10.5. The first-order valence-corrected chi connectivity index (χ1v) is 13.3. The number of para-hydroxylation sites is 1. The van der Waals surface area contributed by atoms with Crippen molar-refractivity contribution in [2.75, 3.05) is 31.7 Å². The van der Waals surface area contributed by atoms with Crippen molar-refractivity contribution in [3.8, 4) is 11.5 Å². The van der Waals surface area contributed by atoms with Crippen molar-refractivity contribution >= 4 is 33.7 Å². The van der Waals surface area contributed by atoms with Crippen molar-refractivity contribution in [2.24, 2.45) is 0 Å². The van der Waals surface area contributed by atoms with Crippen LogP contribution in [-0.4, -0.2) is 53.7 Å². The quantitative estimate of drug-likeness (QED) is 0.404. The molecule has 0 aromatic heterocycles. The van der Waals surface area contributed by atoms with Crippen molar-refractivity contribution in [3.05, 3.63) is 53.6 Å². The summed E-state index contributed by atoms with van der Waals surface area (Å²) in [5.41, 5.74) is 1.97. The summed E-state index contributed by atoms with van der Waals surface area (Å²) in [4.78, 5) is 24.1. The van der Waals surface area contributed by atoms with E-state index in [-0.39, 0.29) is 35.0 Å². The van der Waals surface area contributed by atoms with Gasteiger partial charge in [-0.05, 0) is 54.7 Å². The van der Waals surface area contributed by atoms with E-state index in [2.05, 4.69) is 5.32 Å². The van der Waals surface area contributed by atoms with Gasteiger partial charge in [-0.1, -0.05) is 31.0 Å². The molecule has 9 nitrogen and oxygen atoms in total. The second kappa shape index (κ2) is 11.0. The lowest BCUT2D eigenvalue weighted by molar-refractivity contribution is -0.144. The number of ether oxygens (including phenoxy) is 3. The predicted octanol–water partition coefficient (Wildman–Crippen LogP) is 3.07. The SMILES string of the molecule is COc1cc(/C=C/C(=O)OCC(=O)NC2CCCC2)cc(S(=O)(=O)N2CCc3ccccc32)c1OC. The van der Waals surface area contributed by atoms with Gasteiger partial charge in [-0.2, -0.15) is 0 Å². The Labute approximate surface area is 211 Å². The Hall–Kier alpha value is -3.53. The Balaban J connectivity index is 1.53. The van der Waals surface area contributed by atoms with Gasteiger partial charge < -0.3 is 19.5 Å². The lowest BCUT2D eigenvalue weighted by atomic mass is 10.2. The molecular weight excluding hydrogens is 484 g/mol. The number of benzene rings is 2. The van der Waals surface area contributed by atoms with Crippen LogP contribution in [0.25, 0.3) is 6.08 Å². The summed E-state index contributed by atoms with van der Waals surface area (Å²) in [5, 5.41) is 2.85. The molecule has 1 amide bonds. The fourth-order valence-corrected chi connectivity index (χ4v) is 6.31. The van der Waals surface area contributed by atoms with Crippen LogP contribution in [0.5, 0.6) is 11.5 Å². The third-order valence-electron chi connectivity index (χ3n) is 6.36. The third kappa shape index (κ3) is 5.48. The highest BCUT2D eigenvalue weighted by atomic mass is 32.2. The van der Waals surface area contributed by atoms with E-state index in [0.29, 0.717) is 24.2 Å². The number of carbonyl (C=O) groups is 2. The molecular formula is C26H30N2O7S. The molecule has 0 bridgehead atoms. The highest BCUT2D eigenvalue weighted by Crippen LogP contribution is 2.40. The summed E-state index contributed by atoms with van der Waals surface area (Å²) < 4.78 is 44.5. The zero-order valence-electron chi connectivity index (χ0n) is 20.4. The van der Waals surface area contributed by atoms with E-state index in [1.165, 1.54) is 30.7 Å². The van der Waals surface area contributed by atoms with Crippen LogP contribution in [0.2, 0.25) is 0 Å². The van der Waals surface area contributed by atoms with Crippen molar-refractivity contribution < 1.29 is 32.2 Å². The van der Waals surface area contributed by atoms with Crippen LogP contribution >= 0.6 is 0 Å². The molecule has 0 unspecified atom stereocenters. The summed E-state index contributed by atoms with van der Waals surface area (Å²) in [7, 11) is -1.22. The number of methoxy groups -OCH3 is 2. The molecule has 2 aliphatic rings. The third-order valence-corrected chi connectivity index (χ3v) is 8.18. The van der Waals surface area contributed by atoms with Gasteiger partial charge in [-0.25, -0.2) is 13.2 Å². The minimum absolute atomic E-state index is 0.0743. The summed E-state index contributed by atoms with van der Waals surface area (Å²) in [6.45, 7) is -0.0674. The molecule has 36 heavy (non-hydrogen) atoms. The monoisotopic (exact) mass is 514 g/mol. The van der Waals surface area contributed by atoms with Gasteiger partial charge in [-0.3, -0.25) is 9.10 Å². The Bertz CT molecular complexity index is 1270. The van der Waals surface area contributed by atoms with E-state index >= 15 is 0 Å². The lowest BCUT2D eigenvalue weighted by Gasteiger charge is -2.22. The minimum atomic E-state index is -4.00. The predicted molar refractivity (Wildman–Crippen MR) is 135 cm³/mol. The van der Waals surface area contributed by atoms with E-state index in [4.69, 9.17) is 14.2 Å². The maximum atomic E-state index is 13.7. The Morgan fingerprint density at radius 3 is 2.58 bits per heavy atom. The molecule has 4 rings (SSSR count). The number of sulfonamides is 1. The van der Waals surface area contributed by atoms with Crippen LogP contribution in [0.1, 0.15) is 36.8 Å². The average molecular weight is 515 g/mol. The van der Waals surface area contributed by atoms with E-state index < -0.39 is 16.0 Å². The van der Waals surface area contributed by atoms with Crippen LogP contribution in [0.4, 0.5) is 5.69 Å². The average Bonchev–Trinajstić information content (AvgIpc) is 3.55. The van der Waals surface area contributed by atoms with Gasteiger partial charge in [0.05, 0.1) is 19.9 Å². The molecule has 0 radical (unpaired) electrons. The Kier molecular flexibility index (Phi) is 7.83. The minimum Gasteiger partial charge on any atom is -0.493 e. The van der Waals surface area contributed by atoms with E-state index in [1.54, 1.807) is 18.2 Å². The highest BCUT2D eigenvalue weighted by Gasteiger charge is 2.34. The number of fused-ring (bicyclic) bond motifs is 1. The van der Waals surface area contributed by atoms with Crippen LogP contribution in [0, 0.1) is 0 Å². The van der Waals surface area contributed by atoms with Crippen LogP contribution in [0.15, 0.2) is 47.4 Å². The largest absolute Gasteiger partial charge is 0.493 e. The Morgan fingerprint density at radius 1 is 1.11 bits per heavy atom. The Morgan fingerprint density at radius 2 is 1.86 bits per heavy atom. The molecule has 1 saturated carbocycles. The number of hydrogen-bond donors (Lipinski definition) is 1. The van der Waals surface area contributed by atoms with Crippen molar-refractivity contribution in [1.82, 2.24) is 5.32 Å². The topological polar surface area (TPSA) is 111 Å². The van der Waals surface area contributed by atoms with Crippen molar-refractivity contribution in [3.63, 3.8) is 0 Å². The van der Waals surface area contributed by atoms with Gasteiger partial charge >= 0.3 is 5.97 Å². The molecule has 10 heteroatoms. The summed E-state index contributed by atoms with van der Waals surface area (Å²) in [6.07, 6.45) is 7.21. The molecule has 0 atom stereocenters. The molecule has 0 spiro atoms. The first-order valence-electron chi connectivity index (χ1n) is 11.8. The molecule has 1 aliphatic carbocycles. The summed E-state index contributed by atoms with van der Waals surface area (Å²) >= 11 is 0. The fraction of sp³-hybridized carbons (Fsp3) is 0.385. The van der Waals surface area contributed by atoms with Crippen LogP contribution in [-0.2, 0) is 30.8 Å². The first-order chi connectivity index (χ1) is 17.3. The van der Waals surface area contributed by atoms with Gasteiger partial charge in [-0.15, -0.1) is 0 Å². The fourth-order valence-electron chi connectivity index (χ4n) is 4.60. The number of rotatable bonds is 9. The molecule has 1 heterocycles. The van der Waals surface area contributed by atoms with Crippen molar-refractivity contribution in [2.45, 2.75) is 43.0 Å². The van der Waals surface area contributed by atoms with Gasteiger partial charge in [0.15, 0.2) is 18.1 Å². The number of hydrogen-bond acceptors (Lipinski definition) is 7. The number of amides is 1. The summed E-state index contributed by atoms with van der Waals surface area (Å²) in [5.74, 6) is -0.779. The molecule has 2 aromatic rings. The van der Waals surface area contributed by atoms with Gasteiger partial charge in [0.1, 0.15) is 4.90 Å². The van der Waals surface area contributed by atoms with Crippen molar-refractivity contribution in [1.29, 1.82) is 0 Å². The zero-order chi connectivity index (χ0) is 25.7. The molecule has 192 valence electrons. The van der Waals surface area contributed by atoms with E-state index in [9.17, 15) is 18.0 Å². The number of carbonyl (C=O) groups excluding carboxylic acids is 2. The maximum Gasteiger partial charge on any atom is 0.331 e. The van der Waals surface area contributed by atoms with Gasteiger partial charge in [0.2, 0.25) is 0 Å². The zero-order valence-corrected chi connectivity index (χ0v) is 21.2.